The minimum atomic E-state index is 0.203. The SMILES string of the molecule is CC1(Nc2cccnc2C#N)CC1. The summed E-state index contributed by atoms with van der Waals surface area (Å²) in [7, 11) is 0. The molecule has 1 heterocycles. The summed E-state index contributed by atoms with van der Waals surface area (Å²) in [6, 6.07) is 5.81. The van der Waals surface area contributed by atoms with Crippen LogP contribution in [0.25, 0.3) is 0 Å². The van der Waals surface area contributed by atoms with E-state index in [0.717, 1.165) is 5.69 Å². The Morgan fingerprint density at radius 3 is 3.00 bits per heavy atom. The molecule has 0 atom stereocenters. The van der Waals surface area contributed by atoms with Crippen molar-refractivity contribution in [3.8, 4) is 6.07 Å². The summed E-state index contributed by atoms with van der Waals surface area (Å²) in [6.07, 6.45) is 3.98. The number of hydrogen-bond donors (Lipinski definition) is 1. The first kappa shape index (κ1) is 8.06. The fourth-order valence-corrected chi connectivity index (χ4v) is 1.23. The Morgan fingerprint density at radius 2 is 2.38 bits per heavy atom. The highest BCUT2D eigenvalue weighted by Crippen LogP contribution is 2.38. The summed E-state index contributed by atoms with van der Waals surface area (Å²) < 4.78 is 0. The zero-order valence-corrected chi connectivity index (χ0v) is 7.54. The van der Waals surface area contributed by atoms with E-state index >= 15 is 0 Å². The molecule has 0 bridgehead atoms. The molecule has 0 spiro atoms. The zero-order valence-electron chi connectivity index (χ0n) is 7.54. The lowest BCUT2D eigenvalue weighted by Crippen LogP contribution is -2.16. The van der Waals surface area contributed by atoms with E-state index < -0.39 is 0 Å². The van der Waals surface area contributed by atoms with Crippen LogP contribution in [0.2, 0.25) is 0 Å². The first-order valence-corrected chi connectivity index (χ1v) is 4.37. The molecule has 13 heavy (non-hydrogen) atoms. The van der Waals surface area contributed by atoms with Crippen molar-refractivity contribution in [2.75, 3.05) is 5.32 Å². The third-order valence-corrected chi connectivity index (χ3v) is 2.35. The lowest BCUT2D eigenvalue weighted by atomic mass is 10.2. The Hall–Kier alpha value is -1.56. The fourth-order valence-electron chi connectivity index (χ4n) is 1.23. The number of aromatic nitrogens is 1. The van der Waals surface area contributed by atoms with Gasteiger partial charge in [0.2, 0.25) is 0 Å². The standard InChI is InChI=1S/C10H11N3/c1-10(4-5-10)13-8-3-2-6-12-9(8)7-11/h2-3,6,13H,4-5H2,1H3. The van der Waals surface area contributed by atoms with Gasteiger partial charge in [-0.15, -0.1) is 0 Å². The topological polar surface area (TPSA) is 48.7 Å². The number of hydrogen-bond acceptors (Lipinski definition) is 3. The Morgan fingerprint density at radius 1 is 1.62 bits per heavy atom. The van der Waals surface area contributed by atoms with Crippen molar-refractivity contribution in [2.24, 2.45) is 0 Å². The molecule has 1 aromatic rings. The summed E-state index contributed by atoms with van der Waals surface area (Å²) in [5, 5.41) is 12.1. The molecule has 0 saturated heterocycles. The predicted octanol–water partition coefficient (Wildman–Crippen LogP) is 1.92. The molecular weight excluding hydrogens is 162 g/mol. The molecular formula is C10H11N3. The quantitative estimate of drug-likeness (QED) is 0.743. The second-order valence-corrected chi connectivity index (χ2v) is 3.70. The van der Waals surface area contributed by atoms with Gasteiger partial charge in [-0.05, 0) is 31.9 Å². The van der Waals surface area contributed by atoms with Gasteiger partial charge >= 0.3 is 0 Å². The number of nitrogens with one attached hydrogen (secondary N) is 1. The van der Waals surface area contributed by atoms with E-state index in [2.05, 4.69) is 23.3 Å². The molecule has 1 fully saturated rings. The molecule has 1 aliphatic rings. The van der Waals surface area contributed by atoms with Gasteiger partial charge in [0.1, 0.15) is 6.07 Å². The highest BCUT2D eigenvalue weighted by Gasteiger charge is 2.37. The lowest BCUT2D eigenvalue weighted by molar-refractivity contribution is 0.827. The van der Waals surface area contributed by atoms with E-state index in [1.54, 1.807) is 6.20 Å². The van der Waals surface area contributed by atoms with Gasteiger partial charge < -0.3 is 5.32 Å². The third-order valence-electron chi connectivity index (χ3n) is 2.35. The van der Waals surface area contributed by atoms with Crippen LogP contribution in [0.1, 0.15) is 25.5 Å². The van der Waals surface area contributed by atoms with Gasteiger partial charge in [0.05, 0.1) is 5.69 Å². The summed E-state index contributed by atoms with van der Waals surface area (Å²) in [4.78, 5) is 3.99. The van der Waals surface area contributed by atoms with Crippen LogP contribution >= 0.6 is 0 Å². The Kier molecular flexibility index (Phi) is 1.70. The van der Waals surface area contributed by atoms with Crippen molar-refractivity contribution in [1.82, 2.24) is 4.98 Å². The van der Waals surface area contributed by atoms with Gasteiger partial charge in [-0.1, -0.05) is 0 Å². The van der Waals surface area contributed by atoms with Crippen molar-refractivity contribution in [3.05, 3.63) is 24.0 Å². The predicted molar refractivity (Wildman–Crippen MR) is 50.2 cm³/mol. The van der Waals surface area contributed by atoms with Gasteiger partial charge in [-0.2, -0.15) is 5.26 Å². The smallest absolute Gasteiger partial charge is 0.163 e. The van der Waals surface area contributed by atoms with Crippen LogP contribution in [0.15, 0.2) is 18.3 Å². The molecule has 0 unspecified atom stereocenters. The van der Waals surface area contributed by atoms with Crippen molar-refractivity contribution < 1.29 is 0 Å². The molecule has 3 nitrogen and oxygen atoms in total. The molecule has 1 aromatic heterocycles. The molecule has 1 saturated carbocycles. The maximum atomic E-state index is 8.78. The zero-order chi connectivity index (χ0) is 9.31. The largest absolute Gasteiger partial charge is 0.378 e. The summed E-state index contributed by atoms with van der Waals surface area (Å²) in [6.45, 7) is 2.15. The second kappa shape index (κ2) is 2.74. The van der Waals surface area contributed by atoms with Crippen LogP contribution < -0.4 is 5.32 Å². The summed E-state index contributed by atoms with van der Waals surface area (Å²) >= 11 is 0. The number of anilines is 1. The molecule has 0 aromatic carbocycles. The van der Waals surface area contributed by atoms with Crippen molar-refractivity contribution in [2.45, 2.75) is 25.3 Å². The first-order valence-electron chi connectivity index (χ1n) is 4.37. The van der Waals surface area contributed by atoms with Gasteiger partial charge in [-0.25, -0.2) is 4.98 Å². The van der Waals surface area contributed by atoms with Crippen molar-refractivity contribution in [3.63, 3.8) is 0 Å². The average molecular weight is 173 g/mol. The van der Waals surface area contributed by atoms with E-state index in [1.807, 2.05) is 12.1 Å². The van der Waals surface area contributed by atoms with Crippen molar-refractivity contribution >= 4 is 5.69 Å². The number of rotatable bonds is 2. The molecule has 3 heteroatoms. The molecule has 0 radical (unpaired) electrons. The van der Waals surface area contributed by atoms with Crippen LogP contribution in [0.3, 0.4) is 0 Å². The first-order chi connectivity index (χ1) is 6.23. The van der Waals surface area contributed by atoms with E-state index in [1.165, 1.54) is 12.8 Å². The van der Waals surface area contributed by atoms with Gasteiger partial charge in [-0.3, -0.25) is 0 Å². The molecule has 0 amide bonds. The molecule has 1 aliphatic carbocycles. The van der Waals surface area contributed by atoms with Gasteiger partial charge in [0.15, 0.2) is 5.69 Å². The summed E-state index contributed by atoms with van der Waals surface area (Å²) in [5.74, 6) is 0. The van der Waals surface area contributed by atoms with E-state index in [4.69, 9.17) is 5.26 Å². The lowest BCUT2D eigenvalue weighted by Gasteiger charge is -2.13. The fraction of sp³-hybridized carbons (Fsp3) is 0.400. The minimum absolute atomic E-state index is 0.203. The van der Waals surface area contributed by atoms with Crippen molar-refractivity contribution in [1.29, 1.82) is 5.26 Å². The number of nitriles is 1. The van der Waals surface area contributed by atoms with E-state index in [9.17, 15) is 0 Å². The second-order valence-electron chi connectivity index (χ2n) is 3.70. The molecule has 66 valence electrons. The maximum Gasteiger partial charge on any atom is 0.163 e. The van der Waals surface area contributed by atoms with Crippen LogP contribution in [0.5, 0.6) is 0 Å². The minimum Gasteiger partial charge on any atom is -0.378 e. The van der Waals surface area contributed by atoms with Gasteiger partial charge in [0, 0.05) is 11.7 Å². The highest BCUT2D eigenvalue weighted by atomic mass is 15.0. The van der Waals surface area contributed by atoms with E-state index in [0.29, 0.717) is 5.69 Å². The van der Waals surface area contributed by atoms with Crippen LogP contribution in [0.4, 0.5) is 5.69 Å². The molecule has 2 rings (SSSR count). The Bertz CT molecular complexity index is 361. The maximum absolute atomic E-state index is 8.78. The van der Waals surface area contributed by atoms with Crippen LogP contribution in [0, 0.1) is 11.3 Å². The number of pyridine rings is 1. The highest BCUT2D eigenvalue weighted by molar-refractivity contribution is 5.55. The average Bonchev–Trinajstić information content (AvgIpc) is 2.84. The summed E-state index contributed by atoms with van der Waals surface area (Å²) in [5.41, 5.74) is 1.54. The Labute approximate surface area is 77.4 Å². The van der Waals surface area contributed by atoms with E-state index in [-0.39, 0.29) is 5.54 Å². The third kappa shape index (κ3) is 1.62. The molecule has 1 N–H and O–H groups in total. The van der Waals surface area contributed by atoms with Crippen LogP contribution in [-0.2, 0) is 0 Å². The normalized spacial score (nSPS) is 17.5. The molecule has 0 aliphatic heterocycles. The Balaban J connectivity index is 2.25. The monoisotopic (exact) mass is 173 g/mol. The van der Waals surface area contributed by atoms with Crippen LogP contribution in [-0.4, -0.2) is 10.5 Å². The number of nitrogens with zero attached hydrogens (tertiary/aromatic N) is 2. The van der Waals surface area contributed by atoms with Gasteiger partial charge in [0.25, 0.3) is 0 Å².